The number of fused-ring (bicyclic) bond motifs is 1. The van der Waals surface area contributed by atoms with E-state index in [1.807, 2.05) is 24.3 Å². The Balaban J connectivity index is 1.90. The summed E-state index contributed by atoms with van der Waals surface area (Å²) in [7, 11) is 3.43. The molecule has 27 heavy (non-hydrogen) atoms. The molecular formula is C19H23N5O3. The van der Waals surface area contributed by atoms with Crippen LogP contribution in [-0.4, -0.2) is 52.7 Å². The molecule has 0 aliphatic carbocycles. The smallest absolute Gasteiger partial charge is 0.252 e. The Bertz CT molecular complexity index is 1000. The molecule has 3 aromatic rings. The largest absolute Gasteiger partial charge is 0.384 e. The minimum absolute atomic E-state index is 0.0914. The molecule has 3 heterocycles. The molecule has 0 radical (unpaired) electrons. The van der Waals surface area contributed by atoms with Crippen molar-refractivity contribution < 1.29 is 9.47 Å². The van der Waals surface area contributed by atoms with Crippen molar-refractivity contribution in [3.8, 4) is 5.69 Å². The van der Waals surface area contributed by atoms with Crippen LogP contribution in [0.25, 0.3) is 16.6 Å². The third-order valence-corrected chi connectivity index (χ3v) is 4.78. The van der Waals surface area contributed by atoms with Crippen LogP contribution in [0.15, 0.2) is 35.1 Å². The summed E-state index contributed by atoms with van der Waals surface area (Å²) in [4.78, 5) is 17.2. The number of aryl methyl sites for hydroxylation is 1. The fourth-order valence-corrected chi connectivity index (χ4v) is 3.35. The Morgan fingerprint density at radius 2 is 2.22 bits per heavy atom. The SMILES string of the molecule is COCCc1nc(C2CNCCO2)n(-c2cc(=O)n(C)c3ccccc23)n1. The lowest BCUT2D eigenvalue weighted by Crippen LogP contribution is -2.34. The van der Waals surface area contributed by atoms with Crippen molar-refractivity contribution in [2.75, 3.05) is 33.4 Å². The van der Waals surface area contributed by atoms with Gasteiger partial charge in [-0.3, -0.25) is 4.79 Å². The van der Waals surface area contributed by atoms with Gasteiger partial charge in [0.2, 0.25) is 0 Å². The monoisotopic (exact) mass is 369 g/mol. The molecule has 0 saturated carbocycles. The molecule has 1 unspecified atom stereocenters. The van der Waals surface area contributed by atoms with Gasteiger partial charge in [-0.15, -0.1) is 0 Å². The summed E-state index contributed by atoms with van der Waals surface area (Å²) in [6.45, 7) is 2.62. The maximum Gasteiger partial charge on any atom is 0.252 e. The fourth-order valence-electron chi connectivity index (χ4n) is 3.35. The summed E-state index contributed by atoms with van der Waals surface area (Å²) < 4.78 is 14.5. The number of hydrogen-bond acceptors (Lipinski definition) is 6. The van der Waals surface area contributed by atoms with Gasteiger partial charge in [0.15, 0.2) is 11.6 Å². The first-order valence-corrected chi connectivity index (χ1v) is 9.05. The van der Waals surface area contributed by atoms with Gasteiger partial charge in [-0.2, -0.15) is 5.10 Å². The van der Waals surface area contributed by atoms with E-state index in [9.17, 15) is 4.79 Å². The lowest BCUT2D eigenvalue weighted by Gasteiger charge is -2.23. The minimum atomic E-state index is -0.217. The third kappa shape index (κ3) is 3.39. The van der Waals surface area contributed by atoms with E-state index < -0.39 is 0 Å². The molecule has 0 bridgehead atoms. The molecule has 1 atom stereocenters. The Morgan fingerprint density at radius 3 is 3.00 bits per heavy atom. The molecule has 0 spiro atoms. The van der Waals surface area contributed by atoms with Gasteiger partial charge in [-0.25, -0.2) is 9.67 Å². The topological polar surface area (TPSA) is 83.2 Å². The highest BCUT2D eigenvalue weighted by atomic mass is 16.5. The van der Waals surface area contributed by atoms with E-state index in [2.05, 4.69) is 10.4 Å². The van der Waals surface area contributed by atoms with Crippen LogP contribution in [0.4, 0.5) is 0 Å². The molecule has 2 aromatic heterocycles. The van der Waals surface area contributed by atoms with Crippen LogP contribution in [0, 0.1) is 0 Å². The molecule has 1 saturated heterocycles. The first-order valence-electron chi connectivity index (χ1n) is 9.05. The second-order valence-corrected chi connectivity index (χ2v) is 6.55. The van der Waals surface area contributed by atoms with Crippen LogP contribution >= 0.6 is 0 Å². The zero-order valence-electron chi connectivity index (χ0n) is 15.5. The minimum Gasteiger partial charge on any atom is -0.384 e. The van der Waals surface area contributed by atoms with Gasteiger partial charge in [-0.05, 0) is 6.07 Å². The van der Waals surface area contributed by atoms with E-state index >= 15 is 0 Å². The van der Waals surface area contributed by atoms with Crippen LogP contribution in [0.1, 0.15) is 17.8 Å². The fraction of sp³-hybridized carbons (Fsp3) is 0.421. The summed E-state index contributed by atoms with van der Waals surface area (Å²) in [5.41, 5.74) is 1.47. The Kier molecular flexibility index (Phi) is 5.02. The van der Waals surface area contributed by atoms with Gasteiger partial charge in [0.05, 0.1) is 24.4 Å². The average molecular weight is 369 g/mol. The van der Waals surface area contributed by atoms with Crippen molar-refractivity contribution >= 4 is 10.9 Å². The van der Waals surface area contributed by atoms with Crippen molar-refractivity contribution in [2.24, 2.45) is 7.05 Å². The summed E-state index contributed by atoms with van der Waals surface area (Å²) in [5.74, 6) is 1.37. The van der Waals surface area contributed by atoms with Gasteiger partial charge in [-0.1, -0.05) is 18.2 Å². The maximum atomic E-state index is 12.5. The Hall–Kier alpha value is -2.55. The quantitative estimate of drug-likeness (QED) is 0.722. The van der Waals surface area contributed by atoms with Gasteiger partial charge in [0, 0.05) is 45.1 Å². The number of ether oxygens (including phenoxy) is 2. The first-order chi connectivity index (χ1) is 13.2. The number of nitrogens with zero attached hydrogens (tertiary/aromatic N) is 4. The predicted octanol–water partition coefficient (Wildman–Crippen LogP) is 0.969. The van der Waals surface area contributed by atoms with Crippen LogP contribution in [-0.2, 0) is 22.9 Å². The van der Waals surface area contributed by atoms with Crippen molar-refractivity contribution in [1.82, 2.24) is 24.6 Å². The Labute approximate surface area is 156 Å². The number of para-hydroxylation sites is 1. The first kappa shape index (κ1) is 17.8. The summed E-state index contributed by atoms with van der Waals surface area (Å²) in [6.07, 6.45) is 0.379. The van der Waals surface area contributed by atoms with Crippen molar-refractivity contribution in [2.45, 2.75) is 12.5 Å². The summed E-state index contributed by atoms with van der Waals surface area (Å²) in [5, 5.41) is 8.95. The number of pyridine rings is 1. The van der Waals surface area contributed by atoms with E-state index in [1.165, 1.54) is 0 Å². The predicted molar refractivity (Wildman–Crippen MR) is 101 cm³/mol. The van der Waals surface area contributed by atoms with Crippen LogP contribution in [0.5, 0.6) is 0 Å². The number of morpholine rings is 1. The lowest BCUT2D eigenvalue weighted by molar-refractivity contribution is 0.0208. The van der Waals surface area contributed by atoms with Gasteiger partial charge >= 0.3 is 0 Å². The highest BCUT2D eigenvalue weighted by Crippen LogP contribution is 2.25. The number of rotatable bonds is 5. The van der Waals surface area contributed by atoms with E-state index in [4.69, 9.17) is 14.5 Å². The van der Waals surface area contributed by atoms with Crippen LogP contribution in [0.3, 0.4) is 0 Å². The number of aromatic nitrogens is 4. The molecule has 8 nitrogen and oxygen atoms in total. The van der Waals surface area contributed by atoms with E-state index in [0.29, 0.717) is 43.5 Å². The van der Waals surface area contributed by atoms with Gasteiger partial charge in [0.25, 0.3) is 5.56 Å². The zero-order valence-corrected chi connectivity index (χ0v) is 15.5. The third-order valence-electron chi connectivity index (χ3n) is 4.78. The van der Waals surface area contributed by atoms with Crippen molar-refractivity contribution in [1.29, 1.82) is 0 Å². The summed E-state index contributed by atoms with van der Waals surface area (Å²) in [6, 6.07) is 9.41. The Morgan fingerprint density at radius 1 is 1.37 bits per heavy atom. The number of benzene rings is 1. The normalized spacial score (nSPS) is 17.5. The summed E-state index contributed by atoms with van der Waals surface area (Å²) >= 11 is 0. The van der Waals surface area contributed by atoms with Gasteiger partial charge in [0.1, 0.15) is 6.10 Å². The van der Waals surface area contributed by atoms with Crippen LogP contribution in [0.2, 0.25) is 0 Å². The second-order valence-electron chi connectivity index (χ2n) is 6.55. The van der Waals surface area contributed by atoms with E-state index in [1.54, 1.807) is 29.5 Å². The van der Waals surface area contributed by atoms with Crippen molar-refractivity contribution in [3.63, 3.8) is 0 Å². The molecule has 8 heteroatoms. The zero-order chi connectivity index (χ0) is 18.8. The lowest BCUT2D eigenvalue weighted by atomic mass is 10.1. The standard InChI is InChI=1S/C19H23N5O3/c1-23-14-6-4-3-5-13(14)15(11-18(23)25)24-19(16-12-20-8-10-27-16)21-17(22-24)7-9-26-2/h3-6,11,16,20H,7-10,12H2,1-2H3. The number of nitrogens with one attached hydrogen (secondary N) is 1. The molecule has 1 N–H and O–H groups in total. The molecule has 1 aromatic carbocycles. The highest BCUT2D eigenvalue weighted by molar-refractivity contribution is 5.87. The maximum absolute atomic E-state index is 12.5. The number of methoxy groups -OCH3 is 1. The molecule has 1 aliphatic rings. The van der Waals surface area contributed by atoms with E-state index in [-0.39, 0.29) is 11.7 Å². The molecule has 1 fully saturated rings. The highest BCUT2D eigenvalue weighted by Gasteiger charge is 2.25. The van der Waals surface area contributed by atoms with Crippen LogP contribution < -0.4 is 10.9 Å². The number of hydrogen-bond donors (Lipinski definition) is 1. The molecule has 142 valence electrons. The molecular weight excluding hydrogens is 346 g/mol. The molecule has 0 amide bonds. The van der Waals surface area contributed by atoms with E-state index in [0.717, 1.165) is 17.4 Å². The molecule has 1 aliphatic heterocycles. The van der Waals surface area contributed by atoms with Crippen molar-refractivity contribution in [3.05, 3.63) is 52.3 Å². The molecule has 4 rings (SSSR count). The van der Waals surface area contributed by atoms with Gasteiger partial charge < -0.3 is 19.4 Å². The average Bonchev–Trinajstić information content (AvgIpc) is 3.14. The second kappa shape index (κ2) is 7.59.